The van der Waals surface area contributed by atoms with Crippen molar-refractivity contribution in [3.05, 3.63) is 89.0 Å². The van der Waals surface area contributed by atoms with E-state index in [0.717, 1.165) is 43.1 Å². The van der Waals surface area contributed by atoms with Gasteiger partial charge >= 0.3 is 0 Å². The molecule has 38 heavy (non-hydrogen) atoms. The number of nitrogens with zero attached hydrogens (tertiary/aromatic N) is 2. The first-order chi connectivity index (χ1) is 18.3. The summed E-state index contributed by atoms with van der Waals surface area (Å²) in [5.41, 5.74) is 9.70. The Morgan fingerprint density at radius 1 is 1.08 bits per heavy atom. The number of aliphatic hydroxyl groups is 1. The number of aryl methyl sites for hydroxylation is 2. The lowest BCUT2D eigenvalue weighted by atomic mass is 9.99. The van der Waals surface area contributed by atoms with Gasteiger partial charge in [-0.3, -0.25) is 4.79 Å². The predicted octanol–water partition coefficient (Wildman–Crippen LogP) is 3.27. The van der Waals surface area contributed by atoms with E-state index in [1.54, 1.807) is 12.5 Å². The zero-order valence-corrected chi connectivity index (χ0v) is 22.2. The molecule has 206 valence electrons. The third kappa shape index (κ3) is 9.01. The van der Waals surface area contributed by atoms with E-state index >= 15 is 0 Å². The first kappa shape index (κ1) is 29.4. The Morgan fingerprint density at radius 2 is 1.82 bits per heavy atom. The summed E-state index contributed by atoms with van der Waals surface area (Å²) in [7, 11) is 0. The summed E-state index contributed by atoms with van der Waals surface area (Å²) in [5, 5.41) is 17.0. The second kappa shape index (κ2) is 14.7. The Labute approximate surface area is 223 Å². The number of carbonyl (C=O) groups excluding carboxylic acids is 1. The Bertz CT molecular complexity index is 1150. The highest BCUT2D eigenvalue weighted by atomic mass is 19.1. The van der Waals surface area contributed by atoms with E-state index in [9.17, 15) is 18.7 Å². The van der Waals surface area contributed by atoms with Gasteiger partial charge in [-0.05, 0) is 48.1 Å². The summed E-state index contributed by atoms with van der Waals surface area (Å²) in [4.78, 5) is 17.2. The number of nitrogens with two attached hydrogens (primary N) is 1. The number of aliphatic hydroxyl groups excluding tert-OH is 1. The Balaban J connectivity index is 1.66. The van der Waals surface area contributed by atoms with Crippen LogP contribution in [0.1, 0.15) is 49.1 Å². The average molecular weight is 528 g/mol. The van der Waals surface area contributed by atoms with Crippen molar-refractivity contribution < 1.29 is 18.7 Å². The second-order valence-electron chi connectivity index (χ2n) is 9.71. The van der Waals surface area contributed by atoms with Crippen LogP contribution in [-0.2, 0) is 37.1 Å². The van der Waals surface area contributed by atoms with Crippen molar-refractivity contribution in [3.8, 4) is 0 Å². The lowest BCUT2D eigenvalue weighted by molar-refractivity contribution is -0.123. The Morgan fingerprint density at radius 3 is 2.53 bits per heavy atom. The van der Waals surface area contributed by atoms with Gasteiger partial charge in [-0.1, -0.05) is 44.5 Å². The highest BCUT2D eigenvalue weighted by molar-refractivity contribution is 5.82. The summed E-state index contributed by atoms with van der Waals surface area (Å²) >= 11 is 0. The largest absolute Gasteiger partial charge is 0.390 e. The van der Waals surface area contributed by atoms with E-state index in [1.165, 1.54) is 17.7 Å². The number of halogens is 2. The molecule has 7 nitrogen and oxygen atoms in total. The molecule has 2 aromatic carbocycles. The minimum absolute atomic E-state index is 0.0374. The molecule has 0 aliphatic heterocycles. The second-order valence-corrected chi connectivity index (χ2v) is 9.71. The molecule has 0 aliphatic rings. The van der Waals surface area contributed by atoms with Crippen molar-refractivity contribution >= 4 is 5.91 Å². The lowest BCUT2D eigenvalue weighted by Gasteiger charge is -2.26. The van der Waals surface area contributed by atoms with E-state index < -0.39 is 35.7 Å². The quantitative estimate of drug-likeness (QED) is 0.243. The van der Waals surface area contributed by atoms with E-state index in [4.69, 9.17) is 5.73 Å². The van der Waals surface area contributed by atoms with Crippen molar-refractivity contribution in [1.82, 2.24) is 20.2 Å². The fourth-order valence-corrected chi connectivity index (χ4v) is 4.39. The van der Waals surface area contributed by atoms with Gasteiger partial charge in [0.2, 0.25) is 5.91 Å². The van der Waals surface area contributed by atoms with Crippen molar-refractivity contribution in [1.29, 1.82) is 0 Å². The van der Waals surface area contributed by atoms with Gasteiger partial charge in [-0.15, -0.1) is 0 Å². The van der Waals surface area contributed by atoms with E-state index in [1.807, 2.05) is 16.7 Å². The van der Waals surface area contributed by atoms with Gasteiger partial charge in [0.05, 0.1) is 24.5 Å². The Hall–Kier alpha value is -3.14. The fraction of sp³-hybridized carbons (Fsp3) is 0.448. The van der Waals surface area contributed by atoms with Crippen molar-refractivity contribution in [2.75, 3.05) is 6.54 Å². The van der Waals surface area contributed by atoms with Crippen LogP contribution in [0.25, 0.3) is 0 Å². The van der Waals surface area contributed by atoms with Crippen LogP contribution < -0.4 is 16.4 Å². The number of hydrogen-bond acceptors (Lipinski definition) is 5. The summed E-state index contributed by atoms with van der Waals surface area (Å²) in [6.45, 7) is 5.67. The van der Waals surface area contributed by atoms with E-state index in [-0.39, 0.29) is 19.4 Å². The van der Waals surface area contributed by atoms with Gasteiger partial charge in [-0.2, -0.15) is 0 Å². The number of imidazole rings is 1. The number of unbranched alkanes of at least 4 members (excludes halogenated alkanes) is 1. The topological polar surface area (TPSA) is 105 Å². The zero-order valence-electron chi connectivity index (χ0n) is 22.2. The standard InChI is InChI=1S/C29H39F2N5O2/c1-3-5-9-36-19-34-17-25(36)15-26(32)29(38)35-27(13-22-11-23(30)14-24(31)12-22)28(37)18-33-16-21-8-6-7-20(4-2)10-21/h6-8,10-12,14,17,19,26-28,33,37H,3-5,9,13,15-16,18,32H2,1-2H3,(H,35,38)/t26-,27-,28+/m0/s1. The van der Waals surface area contributed by atoms with Crippen LogP contribution in [0.3, 0.4) is 0 Å². The molecule has 3 aromatic rings. The Kier molecular flexibility index (Phi) is 11.4. The van der Waals surface area contributed by atoms with Crippen LogP contribution in [0.15, 0.2) is 55.0 Å². The number of aromatic nitrogens is 2. The van der Waals surface area contributed by atoms with Crippen LogP contribution in [0.4, 0.5) is 8.78 Å². The first-order valence-corrected chi connectivity index (χ1v) is 13.3. The molecule has 0 unspecified atom stereocenters. The van der Waals surface area contributed by atoms with Crippen LogP contribution in [0.5, 0.6) is 0 Å². The number of amides is 1. The van der Waals surface area contributed by atoms with Crippen LogP contribution in [0, 0.1) is 11.6 Å². The smallest absolute Gasteiger partial charge is 0.237 e. The monoisotopic (exact) mass is 527 g/mol. The summed E-state index contributed by atoms with van der Waals surface area (Å²) < 4.78 is 29.6. The third-order valence-corrected chi connectivity index (χ3v) is 6.57. The number of nitrogens with one attached hydrogen (secondary N) is 2. The maximum absolute atomic E-state index is 13.8. The molecule has 0 aliphatic carbocycles. The van der Waals surface area contributed by atoms with Gasteiger partial charge in [-0.25, -0.2) is 13.8 Å². The van der Waals surface area contributed by atoms with E-state index in [0.29, 0.717) is 12.1 Å². The van der Waals surface area contributed by atoms with Crippen LogP contribution in [0.2, 0.25) is 0 Å². The number of hydrogen-bond donors (Lipinski definition) is 4. The lowest BCUT2D eigenvalue weighted by Crippen LogP contribution is -2.53. The molecule has 0 radical (unpaired) electrons. The summed E-state index contributed by atoms with van der Waals surface area (Å²) in [5.74, 6) is -1.89. The molecule has 1 amide bonds. The number of carbonyl (C=O) groups is 1. The predicted molar refractivity (Wildman–Crippen MR) is 144 cm³/mol. The molecule has 3 rings (SSSR count). The van der Waals surface area contributed by atoms with Crippen molar-refractivity contribution in [2.24, 2.45) is 5.73 Å². The van der Waals surface area contributed by atoms with Crippen LogP contribution >= 0.6 is 0 Å². The molecule has 0 bridgehead atoms. The fourth-order valence-electron chi connectivity index (χ4n) is 4.39. The SMILES string of the molecule is CCCCn1cncc1C[C@H](N)C(=O)N[C@@H](Cc1cc(F)cc(F)c1)[C@H](O)CNCc1cccc(CC)c1. The van der Waals surface area contributed by atoms with Gasteiger partial charge in [0, 0.05) is 44.0 Å². The molecule has 0 saturated carbocycles. The summed E-state index contributed by atoms with van der Waals surface area (Å²) in [6.07, 6.45) is 5.65. The highest BCUT2D eigenvalue weighted by Crippen LogP contribution is 2.13. The third-order valence-electron chi connectivity index (χ3n) is 6.57. The van der Waals surface area contributed by atoms with Crippen molar-refractivity contribution in [3.63, 3.8) is 0 Å². The van der Waals surface area contributed by atoms with Gasteiger partial charge in [0.15, 0.2) is 0 Å². The average Bonchev–Trinajstić information content (AvgIpc) is 3.33. The molecule has 0 spiro atoms. The molecule has 9 heteroatoms. The van der Waals surface area contributed by atoms with Crippen LogP contribution in [-0.4, -0.2) is 45.3 Å². The maximum Gasteiger partial charge on any atom is 0.237 e. The molecule has 1 aromatic heterocycles. The van der Waals surface area contributed by atoms with Gasteiger partial charge in [0.1, 0.15) is 11.6 Å². The van der Waals surface area contributed by atoms with E-state index in [2.05, 4.69) is 41.6 Å². The van der Waals surface area contributed by atoms with Gasteiger partial charge < -0.3 is 26.0 Å². The highest BCUT2D eigenvalue weighted by Gasteiger charge is 2.25. The minimum atomic E-state index is -1.03. The molecule has 0 saturated heterocycles. The molecule has 3 atom stereocenters. The molecule has 0 fully saturated rings. The molecular weight excluding hydrogens is 488 g/mol. The molecule has 5 N–H and O–H groups in total. The maximum atomic E-state index is 13.8. The molecule has 1 heterocycles. The number of benzene rings is 2. The van der Waals surface area contributed by atoms with Crippen molar-refractivity contribution in [2.45, 2.75) is 77.2 Å². The molecular formula is C29H39F2N5O2. The zero-order chi connectivity index (χ0) is 27.5. The number of rotatable bonds is 15. The summed E-state index contributed by atoms with van der Waals surface area (Å²) in [6, 6.07) is 9.64. The normalized spacial score (nSPS) is 13.7. The minimum Gasteiger partial charge on any atom is -0.390 e. The first-order valence-electron chi connectivity index (χ1n) is 13.3. The van der Waals surface area contributed by atoms with Gasteiger partial charge in [0.25, 0.3) is 0 Å².